The SMILES string of the molecule is Cc1nc(CO)c(CC(=O)OC(C)C)c(N2CCC3(CCC3)CC2)c1-c1ccc(OCCc2ccc(F)cc2)cc1. The van der Waals surface area contributed by atoms with Gasteiger partial charge in [0.15, 0.2) is 0 Å². The van der Waals surface area contributed by atoms with E-state index in [1.165, 1.54) is 31.4 Å². The lowest BCUT2D eigenvalue weighted by Gasteiger charge is -2.49. The van der Waals surface area contributed by atoms with E-state index in [4.69, 9.17) is 14.5 Å². The van der Waals surface area contributed by atoms with Gasteiger partial charge in [-0.25, -0.2) is 4.39 Å². The normalized spacial score (nSPS) is 16.1. The summed E-state index contributed by atoms with van der Waals surface area (Å²) in [6, 6.07) is 14.5. The average Bonchev–Trinajstić information content (AvgIpc) is 2.94. The molecular formula is C34H41FN2O4. The standard InChI is InChI=1S/C34H41FN2O4/c1-23(2)41-31(39)21-29-30(22-38)36-24(3)32(33(29)37-18-16-34(17-19-37)14-4-15-34)26-7-11-28(12-8-26)40-20-13-25-5-9-27(35)10-6-25/h5-12,23,38H,4,13-22H2,1-3H3. The van der Waals surface area contributed by atoms with Gasteiger partial charge in [0.2, 0.25) is 0 Å². The molecular weight excluding hydrogens is 519 g/mol. The Morgan fingerprint density at radius 2 is 1.73 bits per heavy atom. The summed E-state index contributed by atoms with van der Waals surface area (Å²) in [7, 11) is 0. The number of aliphatic hydroxyl groups excluding tert-OH is 1. The van der Waals surface area contributed by atoms with Gasteiger partial charge in [-0.3, -0.25) is 9.78 Å². The number of nitrogens with zero attached hydrogens (tertiary/aromatic N) is 2. The number of rotatable bonds is 10. The van der Waals surface area contributed by atoms with E-state index in [1.807, 2.05) is 45.0 Å². The predicted octanol–water partition coefficient (Wildman–Crippen LogP) is 6.57. The molecule has 218 valence electrons. The second-order valence-corrected chi connectivity index (χ2v) is 11.8. The summed E-state index contributed by atoms with van der Waals surface area (Å²) in [5.41, 5.74) is 6.56. The molecule has 0 atom stereocenters. The molecule has 2 fully saturated rings. The van der Waals surface area contributed by atoms with Gasteiger partial charge in [-0.05, 0) is 87.3 Å². The molecule has 3 aromatic rings. The molecule has 1 aliphatic carbocycles. The molecule has 1 aromatic heterocycles. The molecule has 1 spiro atoms. The number of aryl methyl sites for hydroxylation is 1. The van der Waals surface area contributed by atoms with E-state index < -0.39 is 0 Å². The Hall–Kier alpha value is -3.45. The van der Waals surface area contributed by atoms with Crippen molar-refractivity contribution < 1.29 is 23.8 Å². The Morgan fingerprint density at radius 3 is 2.32 bits per heavy atom. The lowest BCUT2D eigenvalue weighted by molar-refractivity contribution is -0.146. The maximum absolute atomic E-state index is 13.2. The highest BCUT2D eigenvalue weighted by Gasteiger charge is 2.40. The number of piperidine rings is 1. The number of esters is 1. The highest BCUT2D eigenvalue weighted by Crippen LogP contribution is 2.50. The molecule has 2 aromatic carbocycles. The van der Waals surface area contributed by atoms with E-state index in [0.29, 0.717) is 24.1 Å². The molecule has 1 aliphatic heterocycles. The lowest BCUT2D eigenvalue weighted by atomic mass is 9.63. The number of aliphatic hydroxyl groups is 1. The van der Waals surface area contributed by atoms with Gasteiger partial charge in [0, 0.05) is 36.3 Å². The number of aromatic nitrogens is 1. The Bertz CT molecular complexity index is 1340. The van der Waals surface area contributed by atoms with Crippen molar-refractivity contribution >= 4 is 11.7 Å². The second kappa shape index (κ2) is 12.6. The number of pyridine rings is 1. The monoisotopic (exact) mass is 560 g/mol. The summed E-state index contributed by atoms with van der Waals surface area (Å²) < 4.78 is 24.7. The van der Waals surface area contributed by atoms with Crippen LogP contribution >= 0.6 is 0 Å². The molecule has 0 radical (unpaired) electrons. The summed E-state index contributed by atoms with van der Waals surface area (Å²) in [6.45, 7) is 7.73. The minimum Gasteiger partial charge on any atom is -0.493 e. The molecule has 5 rings (SSSR count). The predicted molar refractivity (Wildman–Crippen MR) is 159 cm³/mol. The van der Waals surface area contributed by atoms with E-state index in [1.54, 1.807) is 12.1 Å². The van der Waals surface area contributed by atoms with Gasteiger partial charge in [-0.15, -0.1) is 0 Å². The number of ether oxygens (including phenoxy) is 2. The summed E-state index contributed by atoms with van der Waals surface area (Å²) in [6.07, 6.45) is 6.74. The number of benzene rings is 2. The van der Waals surface area contributed by atoms with Crippen LogP contribution in [0, 0.1) is 18.2 Å². The number of carbonyl (C=O) groups is 1. The number of halogens is 1. The highest BCUT2D eigenvalue weighted by molar-refractivity contribution is 5.87. The van der Waals surface area contributed by atoms with Crippen LogP contribution in [-0.4, -0.2) is 41.9 Å². The third-order valence-corrected chi connectivity index (χ3v) is 8.64. The molecule has 0 unspecified atom stereocenters. The quantitative estimate of drug-likeness (QED) is 0.283. The van der Waals surface area contributed by atoms with Gasteiger partial charge in [0.25, 0.3) is 0 Å². The first-order valence-corrected chi connectivity index (χ1v) is 14.8. The third kappa shape index (κ3) is 6.72. The number of hydrogen-bond donors (Lipinski definition) is 1. The van der Waals surface area contributed by atoms with Gasteiger partial charge in [0.05, 0.1) is 37.1 Å². The number of anilines is 1. The van der Waals surface area contributed by atoms with E-state index in [9.17, 15) is 14.3 Å². The van der Waals surface area contributed by atoms with Crippen LogP contribution in [0.4, 0.5) is 10.1 Å². The maximum Gasteiger partial charge on any atom is 0.310 e. The molecule has 2 aliphatic rings. The molecule has 6 nitrogen and oxygen atoms in total. The number of hydrogen-bond acceptors (Lipinski definition) is 6. The second-order valence-electron chi connectivity index (χ2n) is 11.8. The minimum absolute atomic E-state index is 0.0654. The fourth-order valence-electron chi connectivity index (χ4n) is 6.28. The smallest absolute Gasteiger partial charge is 0.310 e. The van der Waals surface area contributed by atoms with Crippen molar-refractivity contribution in [3.05, 3.63) is 76.9 Å². The zero-order valence-electron chi connectivity index (χ0n) is 24.4. The number of carbonyl (C=O) groups excluding carboxylic acids is 1. The molecule has 41 heavy (non-hydrogen) atoms. The van der Waals surface area contributed by atoms with Crippen LogP contribution in [-0.2, 0) is 29.0 Å². The van der Waals surface area contributed by atoms with Crippen LogP contribution in [0.1, 0.15) is 68.5 Å². The Morgan fingerprint density at radius 1 is 1.05 bits per heavy atom. The first-order chi connectivity index (χ1) is 19.8. The molecule has 2 heterocycles. The van der Waals surface area contributed by atoms with Crippen molar-refractivity contribution in [3.8, 4) is 16.9 Å². The van der Waals surface area contributed by atoms with Gasteiger partial charge >= 0.3 is 5.97 Å². The summed E-state index contributed by atoms with van der Waals surface area (Å²) in [5, 5.41) is 10.3. The van der Waals surface area contributed by atoms with Crippen molar-refractivity contribution in [2.45, 2.75) is 78.4 Å². The summed E-state index contributed by atoms with van der Waals surface area (Å²) >= 11 is 0. The first kappa shape index (κ1) is 29.1. The molecule has 0 amide bonds. The molecule has 7 heteroatoms. The largest absolute Gasteiger partial charge is 0.493 e. The summed E-state index contributed by atoms with van der Waals surface area (Å²) in [4.78, 5) is 20.1. The maximum atomic E-state index is 13.2. The van der Waals surface area contributed by atoms with Crippen molar-refractivity contribution in [3.63, 3.8) is 0 Å². The Kier molecular flexibility index (Phi) is 8.93. The van der Waals surface area contributed by atoms with Gasteiger partial charge in [0.1, 0.15) is 11.6 Å². The van der Waals surface area contributed by atoms with E-state index in [-0.39, 0.29) is 30.9 Å². The van der Waals surface area contributed by atoms with Crippen molar-refractivity contribution in [2.75, 3.05) is 24.6 Å². The van der Waals surface area contributed by atoms with Crippen molar-refractivity contribution in [2.24, 2.45) is 5.41 Å². The minimum atomic E-state index is -0.315. The molecule has 1 saturated carbocycles. The van der Waals surface area contributed by atoms with E-state index in [2.05, 4.69) is 4.90 Å². The fraction of sp³-hybridized carbons (Fsp3) is 0.471. The average molecular weight is 561 g/mol. The molecule has 1 saturated heterocycles. The van der Waals surface area contributed by atoms with Crippen molar-refractivity contribution in [1.82, 2.24) is 4.98 Å². The zero-order chi connectivity index (χ0) is 29.0. The summed E-state index contributed by atoms with van der Waals surface area (Å²) in [5.74, 6) is 0.194. The van der Waals surface area contributed by atoms with Crippen LogP contribution in [0.25, 0.3) is 11.1 Å². The van der Waals surface area contributed by atoms with Gasteiger partial charge in [-0.1, -0.05) is 30.7 Å². The Labute approximate surface area is 242 Å². The van der Waals surface area contributed by atoms with Gasteiger partial charge < -0.3 is 19.5 Å². The van der Waals surface area contributed by atoms with Crippen LogP contribution in [0.15, 0.2) is 48.5 Å². The lowest BCUT2D eigenvalue weighted by Crippen LogP contribution is -2.44. The topological polar surface area (TPSA) is 71.9 Å². The van der Waals surface area contributed by atoms with E-state index in [0.717, 1.165) is 65.3 Å². The third-order valence-electron chi connectivity index (χ3n) is 8.64. The zero-order valence-corrected chi connectivity index (χ0v) is 24.4. The first-order valence-electron chi connectivity index (χ1n) is 14.8. The van der Waals surface area contributed by atoms with Crippen LogP contribution < -0.4 is 9.64 Å². The van der Waals surface area contributed by atoms with Crippen LogP contribution in [0.3, 0.4) is 0 Å². The molecule has 0 bridgehead atoms. The Balaban J connectivity index is 1.44. The van der Waals surface area contributed by atoms with Crippen LogP contribution in [0.5, 0.6) is 5.75 Å². The van der Waals surface area contributed by atoms with E-state index >= 15 is 0 Å². The fourth-order valence-corrected chi connectivity index (χ4v) is 6.28. The van der Waals surface area contributed by atoms with Crippen LogP contribution in [0.2, 0.25) is 0 Å². The van der Waals surface area contributed by atoms with Crippen molar-refractivity contribution in [1.29, 1.82) is 0 Å². The molecule has 1 N–H and O–H groups in total. The van der Waals surface area contributed by atoms with Gasteiger partial charge in [-0.2, -0.15) is 0 Å². The highest BCUT2D eigenvalue weighted by atomic mass is 19.1.